The van der Waals surface area contributed by atoms with Gasteiger partial charge in [-0.1, -0.05) is 180 Å². The Balaban J connectivity index is 0.000000682. The number of benzene rings is 5. The van der Waals surface area contributed by atoms with Crippen LogP contribution in [0.15, 0.2) is 164 Å². The smallest absolute Gasteiger partial charge is 0.164 e. The van der Waals surface area contributed by atoms with Crippen molar-refractivity contribution in [3.05, 3.63) is 192 Å². The lowest BCUT2D eigenvalue weighted by Crippen LogP contribution is -2.18. The molecule has 1 heterocycles. The second-order valence-electron chi connectivity index (χ2n) is 13.8. The molecular formula is C50H51N5. The molecule has 5 heteroatoms. The molecule has 1 aromatic heterocycles. The molecule has 0 bridgehead atoms. The Labute approximate surface area is 327 Å². The zero-order valence-corrected chi connectivity index (χ0v) is 32.6. The van der Waals surface area contributed by atoms with E-state index in [4.69, 9.17) is 20.7 Å². The van der Waals surface area contributed by atoms with Crippen LogP contribution in [-0.4, -0.2) is 15.0 Å². The number of anilines is 2. The number of hydrogen-bond donors (Lipinski definition) is 2. The molecule has 1 unspecified atom stereocenters. The van der Waals surface area contributed by atoms with Gasteiger partial charge >= 0.3 is 0 Å². The minimum absolute atomic E-state index is 0.126. The van der Waals surface area contributed by atoms with Crippen LogP contribution < -0.4 is 11.1 Å². The predicted molar refractivity (Wildman–Crippen MR) is 233 cm³/mol. The van der Waals surface area contributed by atoms with Gasteiger partial charge < -0.3 is 11.1 Å². The highest BCUT2D eigenvalue weighted by Gasteiger charge is 2.38. The molecule has 276 valence electrons. The van der Waals surface area contributed by atoms with Crippen molar-refractivity contribution in [3.8, 4) is 33.9 Å². The van der Waals surface area contributed by atoms with Crippen molar-refractivity contribution in [2.75, 3.05) is 5.32 Å². The lowest BCUT2D eigenvalue weighted by molar-refractivity contribution is 0.661. The third kappa shape index (κ3) is 8.33. The summed E-state index contributed by atoms with van der Waals surface area (Å²) in [7, 11) is 0. The number of nitrogens with two attached hydrogens (primary N) is 1. The van der Waals surface area contributed by atoms with Crippen LogP contribution in [0.1, 0.15) is 75.0 Å². The third-order valence-electron chi connectivity index (χ3n) is 10.0. The standard InChI is InChI=1S/C43H37N5.C5H8.C2H6/c1-43(2)37-16-10-9-15-35(37)36-26-23-33(27-44)39(38(36)43)45-34-24-21-29(22-25-34)28-17-19-32(20-18-28)42-47-40(30-11-5-3-6-12-30)46-41(48-42)31-13-7-4-8-14-31;1-3-5-4-2;1-2/h3-17,19-26,28,45H,18,27,44H2,1-2H3;3-5H,1H2,2H3;1-2H3/b;5-4-;. The first-order chi connectivity index (χ1) is 26.9. The molecule has 2 aliphatic carbocycles. The lowest BCUT2D eigenvalue weighted by Gasteiger charge is -2.26. The quantitative estimate of drug-likeness (QED) is 0.153. The Morgan fingerprint density at radius 3 is 1.89 bits per heavy atom. The van der Waals surface area contributed by atoms with E-state index in [1.54, 1.807) is 6.08 Å². The van der Waals surface area contributed by atoms with Gasteiger partial charge in [0.25, 0.3) is 0 Å². The molecule has 0 saturated carbocycles. The van der Waals surface area contributed by atoms with Crippen molar-refractivity contribution in [2.45, 2.75) is 58.9 Å². The summed E-state index contributed by atoms with van der Waals surface area (Å²) in [6, 6.07) is 42.1. The molecule has 0 spiro atoms. The van der Waals surface area contributed by atoms with Gasteiger partial charge in [-0.2, -0.15) is 0 Å². The van der Waals surface area contributed by atoms with Gasteiger partial charge in [0.05, 0.1) is 0 Å². The van der Waals surface area contributed by atoms with Gasteiger partial charge in [0, 0.05) is 46.0 Å². The number of fused-ring (bicyclic) bond motifs is 3. The minimum Gasteiger partial charge on any atom is -0.355 e. The van der Waals surface area contributed by atoms with Crippen LogP contribution >= 0.6 is 0 Å². The summed E-state index contributed by atoms with van der Waals surface area (Å²) in [5, 5.41) is 3.78. The van der Waals surface area contributed by atoms with Crippen molar-refractivity contribution in [2.24, 2.45) is 5.73 Å². The van der Waals surface area contributed by atoms with Crippen molar-refractivity contribution in [3.63, 3.8) is 0 Å². The Hall–Kier alpha value is -6.17. The van der Waals surface area contributed by atoms with Gasteiger partial charge in [-0.05, 0) is 58.9 Å². The number of allylic oxidation sites excluding steroid dienone is 7. The maximum absolute atomic E-state index is 6.28. The Kier molecular flexibility index (Phi) is 12.5. The maximum atomic E-state index is 6.28. The molecule has 2 aliphatic rings. The van der Waals surface area contributed by atoms with Gasteiger partial charge in [-0.25, -0.2) is 15.0 Å². The Morgan fingerprint density at radius 1 is 0.745 bits per heavy atom. The Bertz CT molecular complexity index is 2260. The zero-order valence-electron chi connectivity index (χ0n) is 32.6. The highest BCUT2D eigenvalue weighted by atomic mass is 15.0. The van der Waals surface area contributed by atoms with Crippen molar-refractivity contribution in [1.82, 2.24) is 15.0 Å². The second-order valence-corrected chi connectivity index (χ2v) is 13.8. The number of nitrogens with zero attached hydrogens (tertiary/aromatic N) is 3. The molecular weight excluding hydrogens is 671 g/mol. The topological polar surface area (TPSA) is 76.7 Å². The molecule has 0 aliphatic heterocycles. The second kappa shape index (κ2) is 17.8. The minimum atomic E-state index is -0.126. The molecule has 0 amide bonds. The number of hydrogen-bond acceptors (Lipinski definition) is 5. The fourth-order valence-electron chi connectivity index (χ4n) is 7.30. The fourth-order valence-corrected chi connectivity index (χ4v) is 7.30. The first kappa shape index (κ1) is 38.6. The van der Waals surface area contributed by atoms with E-state index in [2.05, 4.69) is 105 Å². The van der Waals surface area contributed by atoms with Crippen LogP contribution in [0.4, 0.5) is 11.4 Å². The Morgan fingerprint density at radius 2 is 1.35 bits per heavy atom. The SMILES string of the molecule is C=C/C=C\C.CC.CC1(C)c2ccccc2-c2ccc(CN)c(Nc3ccc(C4C=CC(c5nc(-c6ccccc6)nc(-c6ccccc6)n5)=CC4)cc3)c21. The summed E-state index contributed by atoms with van der Waals surface area (Å²) < 4.78 is 0. The summed E-state index contributed by atoms with van der Waals surface area (Å²) in [5.41, 5.74) is 18.9. The highest BCUT2D eigenvalue weighted by Crippen LogP contribution is 2.52. The molecule has 5 aromatic carbocycles. The van der Waals surface area contributed by atoms with Crippen molar-refractivity contribution < 1.29 is 0 Å². The van der Waals surface area contributed by atoms with Gasteiger partial charge in [0.2, 0.25) is 0 Å². The molecule has 0 radical (unpaired) electrons. The van der Waals surface area contributed by atoms with E-state index < -0.39 is 0 Å². The summed E-state index contributed by atoms with van der Waals surface area (Å²) in [6.07, 6.45) is 13.1. The number of rotatable bonds is 8. The lowest BCUT2D eigenvalue weighted by atomic mass is 9.80. The highest BCUT2D eigenvalue weighted by molar-refractivity contribution is 5.88. The van der Waals surface area contributed by atoms with E-state index in [1.807, 2.05) is 93.6 Å². The summed E-state index contributed by atoms with van der Waals surface area (Å²) in [6.45, 7) is 14.5. The van der Waals surface area contributed by atoms with E-state index in [0.29, 0.717) is 24.0 Å². The van der Waals surface area contributed by atoms with Crippen LogP contribution in [0.3, 0.4) is 0 Å². The number of aromatic nitrogens is 3. The summed E-state index contributed by atoms with van der Waals surface area (Å²) in [4.78, 5) is 14.6. The molecule has 1 atom stereocenters. The van der Waals surface area contributed by atoms with Crippen LogP contribution in [0.25, 0.3) is 39.5 Å². The molecule has 55 heavy (non-hydrogen) atoms. The largest absolute Gasteiger partial charge is 0.355 e. The van der Waals surface area contributed by atoms with Crippen LogP contribution in [0, 0.1) is 0 Å². The molecule has 0 fully saturated rings. The maximum Gasteiger partial charge on any atom is 0.164 e. The van der Waals surface area contributed by atoms with Crippen LogP contribution in [0.2, 0.25) is 0 Å². The van der Waals surface area contributed by atoms with E-state index in [9.17, 15) is 0 Å². The third-order valence-corrected chi connectivity index (χ3v) is 10.0. The summed E-state index contributed by atoms with van der Waals surface area (Å²) in [5.74, 6) is 2.30. The van der Waals surface area contributed by atoms with Gasteiger partial charge in [-0.15, -0.1) is 0 Å². The van der Waals surface area contributed by atoms with Crippen molar-refractivity contribution in [1.29, 1.82) is 0 Å². The first-order valence-electron chi connectivity index (χ1n) is 19.2. The van der Waals surface area contributed by atoms with Crippen LogP contribution in [0.5, 0.6) is 0 Å². The molecule has 8 rings (SSSR count). The zero-order chi connectivity index (χ0) is 38.8. The molecule has 3 N–H and O–H groups in total. The fraction of sp³-hybridized carbons (Fsp3) is 0.180. The van der Waals surface area contributed by atoms with E-state index in [1.165, 1.54) is 27.8 Å². The molecule has 0 saturated heterocycles. The van der Waals surface area contributed by atoms with E-state index >= 15 is 0 Å². The summed E-state index contributed by atoms with van der Waals surface area (Å²) >= 11 is 0. The average Bonchev–Trinajstić information content (AvgIpc) is 3.49. The molecule has 6 aromatic rings. The van der Waals surface area contributed by atoms with Gasteiger partial charge in [0.15, 0.2) is 17.5 Å². The predicted octanol–water partition coefficient (Wildman–Crippen LogP) is 12.6. The number of nitrogens with one attached hydrogen (secondary N) is 1. The molecule has 5 nitrogen and oxygen atoms in total. The van der Waals surface area contributed by atoms with E-state index in [-0.39, 0.29) is 11.3 Å². The monoisotopic (exact) mass is 721 g/mol. The van der Waals surface area contributed by atoms with Gasteiger partial charge in [0.1, 0.15) is 0 Å². The van der Waals surface area contributed by atoms with Crippen molar-refractivity contribution >= 4 is 16.9 Å². The first-order valence-corrected chi connectivity index (χ1v) is 19.2. The average molecular weight is 722 g/mol. The van der Waals surface area contributed by atoms with E-state index in [0.717, 1.165) is 40.1 Å². The van der Waals surface area contributed by atoms with Gasteiger partial charge in [-0.3, -0.25) is 0 Å². The van der Waals surface area contributed by atoms with Crippen LogP contribution in [-0.2, 0) is 12.0 Å². The normalized spacial score (nSPS) is 14.7.